The Morgan fingerprint density at radius 3 is 2.30 bits per heavy atom. The number of halogens is 2. The van der Waals surface area contributed by atoms with Crippen LogP contribution < -0.4 is 0 Å². The molecule has 2 aliphatic carbocycles. The first-order valence-corrected chi connectivity index (χ1v) is 18.0. The molecule has 1 fully saturated rings. The Hall–Kier alpha value is -0.357. The molecule has 1 saturated carbocycles. The van der Waals surface area contributed by atoms with Gasteiger partial charge >= 0.3 is 180 Å². The molecule has 0 amide bonds. The first kappa shape index (κ1) is 19.9. The number of allylic oxidation sites excluding steroid dienone is 1. The molecule has 3 heteroatoms. The second kappa shape index (κ2) is 8.98. The molecule has 141 valence electrons. The van der Waals surface area contributed by atoms with Gasteiger partial charge in [-0.3, -0.25) is 0 Å². The normalized spacial score (nSPS) is 20.1. The zero-order valence-corrected chi connectivity index (χ0v) is 19.9. The van der Waals surface area contributed by atoms with Gasteiger partial charge in [0.05, 0.1) is 0 Å². The maximum atomic E-state index is 6.70. The van der Waals surface area contributed by atoms with Gasteiger partial charge in [0.1, 0.15) is 0 Å². The molecule has 0 aliphatic heterocycles. The van der Waals surface area contributed by atoms with Crippen molar-refractivity contribution >= 4 is 23.1 Å². The Morgan fingerprint density at radius 1 is 0.926 bits per heavy atom. The Labute approximate surface area is 178 Å². The average Bonchev–Trinajstić information content (AvgIpc) is 2.82. The molecule has 27 heavy (non-hydrogen) atoms. The zero-order chi connectivity index (χ0) is 18.8. The Bertz CT molecular complexity index is 815. The summed E-state index contributed by atoms with van der Waals surface area (Å²) in [5, 5.41) is 0. The second-order valence-electron chi connectivity index (χ2n) is 8.18. The molecular weight excluding hydrogens is 450 g/mol. The summed E-state index contributed by atoms with van der Waals surface area (Å²) in [4.78, 5) is 0. The zero-order valence-electron chi connectivity index (χ0n) is 16.0. The van der Waals surface area contributed by atoms with E-state index in [0.717, 1.165) is 5.92 Å². The molecule has 0 aromatic heterocycles. The SMILES string of the molecule is Cc1ccc(-c2cccc3c2C=C(CC2CCCCCC2)[CH]3[Zr]([Cl])[Cl])cc1. The predicted octanol–water partition coefficient (Wildman–Crippen LogP) is 8.39. The van der Waals surface area contributed by atoms with Crippen molar-refractivity contribution in [1.82, 2.24) is 0 Å². The van der Waals surface area contributed by atoms with E-state index in [4.69, 9.17) is 17.0 Å². The van der Waals surface area contributed by atoms with Gasteiger partial charge in [-0.1, -0.05) is 0 Å². The number of benzene rings is 2. The van der Waals surface area contributed by atoms with E-state index in [1.54, 1.807) is 0 Å². The molecule has 1 atom stereocenters. The summed E-state index contributed by atoms with van der Waals surface area (Å²) < 4.78 is 0.333. The van der Waals surface area contributed by atoms with E-state index in [1.807, 2.05) is 0 Å². The van der Waals surface area contributed by atoms with E-state index >= 15 is 0 Å². The van der Waals surface area contributed by atoms with Gasteiger partial charge in [-0.15, -0.1) is 0 Å². The van der Waals surface area contributed by atoms with Gasteiger partial charge in [0.25, 0.3) is 0 Å². The van der Waals surface area contributed by atoms with Crippen molar-refractivity contribution < 1.29 is 19.4 Å². The molecule has 0 heterocycles. The van der Waals surface area contributed by atoms with E-state index in [1.165, 1.54) is 78.3 Å². The van der Waals surface area contributed by atoms with Crippen LogP contribution in [0.4, 0.5) is 0 Å². The third-order valence-electron chi connectivity index (χ3n) is 6.23. The fourth-order valence-corrected chi connectivity index (χ4v) is 10.2. The minimum atomic E-state index is -2.45. The van der Waals surface area contributed by atoms with Crippen molar-refractivity contribution in [3.05, 3.63) is 64.7 Å². The van der Waals surface area contributed by atoms with Crippen LogP contribution in [0.25, 0.3) is 17.2 Å². The van der Waals surface area contributed by atoms with Crippen LogP contribution in [0, 0.1) is 12.8 Å². The fraction of sp³-hybridized carbons (Fsp3) is 0.417. The second-order valence-corrected chi connectivity index (χ2v) is 17.0. The molecule has 2 aliphatic rings. The summed E-state index contributed by atoms with van der Waals surface area (Å²) in [6, 6.07) is 15.6. The molecule has 4 rings (SSSR count). The molecule has 2 aromatic rings. The van der Waals surface area contributed by atoms with E-state index in [-0.39, 0.29) is 0 Å². The Balaban J connectivity index is 1.69. The Morgan fingerprint density at radius 2 is 1.63 bits per heavy atom. The molecule has 0 N–H and O–H groups in total. The third-order valence-corrected chi connectivity index (χ3v) is 11.6. The molecule has 0 bridgehead atoms. The molecule has 0 saturated heterocycles. The average molecular weight is 478 g/mol. The number of rotatable bonds is 4. The van der Waals surface area contributed by atoms with Crippen molar-refractivity contribution in [2.75, 3.05) is 0 Å². The molecule has 0 radical (unpaired) electrons. The minimum absolute atomic E-state index is 0.333. The third kappa shape index (κ3) is 4.47. The van der Waals surface area contributed by atoms with Crippen molar-refractivity contribution in [2.24, 2.45) is 5.92 Å². The molecule has 0 nitrogen and oxygen atoms in total. The van der Waals surface area contributed by atoms with Crippen molar-refractivity contribution in [3.8, 4) is 11.1 Å². The number of aryl methyl sites for hydroxylation is 1. The van der Waals surface area contributed by atoms with Crippen LogP contribution in [0.2, 0.25) is 0 Å². The van der Waals surface area contributed by atoms with Gasteiger partial charge in [0.2, 0.25) is 0 Å². The molecule has 0 spiro atoms. The number of hydrogen-bond acceptors (Lipinski definition) is 0. The van der Waals surface area contributed by atoms with E-state index < -0.39 is 19.4 Å². The van der Waals surface area contributed by atoms with E-state index in [2.05, 4.69) is 55.5 Å². The summed E-state index contributed by atoms with van der Waals surface area (Å²) in [6.07, 6.45) is 12.0. The quantitative estimate of drug-likeness (QED) is 0.388. The predicted molar refractivity (Wildman–Crippen MR) is 115 cm³/mol. The maximum absolute atomic E-state index is 6.70. The molecular formula is C24H27Cl2Zr. The van der Waals surface area contributed by atoms with Gasteiger partial charge in [-0.2, -0.15) is 0 Å². The Kier molecular flexibility index (Phi) is 6.63. The monoisotopic (exact) mass is 475 g/mol. The summed E-state index contributed by atoms with van der Waals surface area (Å²) >= 11 is -2.45. The van der Waals surface area contributed by atoms with Crippen LogP contribution in [0.5, 0.6) is 0 Å². The van der Waals surface area contributed by atoms with Gasteiger partial charge in [-0.05, 0) is 0 Å². The van der Waals surface area contributed by atoms with Gasteiger partial charge in [0.15, 0.2) is 0 Å². The van der Waals surface area contributed by atoms with Gasteiger partial charge < -0.3 is 0 Å². The van der Waals surface area contributed by atoms with Crippen LogP contribution >= 0.6 is 17.0 Å². The van der Waals surface area contributed by atoms with Crippen LogP contribution in [-0.2, 0) is 19.4 Å². The van der Waals surface area contributed by atoms with Crippen LogP contribution in [-0.4, -0.2) is 0 Å². The van der Waals surface area contributed by atoms with Crippen LogP contribution in [0.1, 0.15) is 65.3 Å². The summed E-state index contributed by atoms with van der Waals surface area (Å²) in [7, 11) is 13.4. The van der Waals surface area contributed by atoms with Crippen molar-refractivity contribution in [2.45, 2.75) is 55.5 Å². The number of hydrogen-bond donors (Lipinski definition) is 0. The van der Waals surface area contributed by atoms with Gasteiger partial charge in [-0.25, -0.2) is 0 Å². The first-order valence-electron chi connectivity index (χ1n) is 10.2. The van der Waals surface area contributed by atoms with Crippen molar-refractivity contribution in [1.29, 1.82) is 0 Å². The van der Waals surface area contributed by atoms with E-state index in [0.29, 0.717) is 3.63 Å². The standard InChI is InChI=1S/C24H27.2ClH.Zr/c1-18-11-13-21(14-12-18)23-10-6-9-22-16-20(17-24(22)23)15-19-7-4-2-3-5-8-19;;;/h6,9-14,16-17,19H,2-5,7-8,15H2,1H3;2*1H;/q;;;+2/p-2. The van der Waals surface area contributed by atoms with Gasteiger partial charge in [0, 0.05) is 0 Å². The number of fused-ring (bicyclic) bond motifs is 1. The first-order chi connectivity index (χ1) is 13.1. The molecule has 1 unspecified atom stereocenters. The fourth-order valence-electron chi connectivity index (χ4n) is 4.79. The van der Waals surface area contributed by atoms with Crippen LogP contribution in [0.15, 0.2) is 48.0 Å². The van der Waals surface area contributed by atoms with Crippen molar-refractivity contribution in [3.63, 3.8) is 0 Å². The van der Waals surface area contributed by atoms with Crippen LogP contribution in [0.3, 0.4) is 0 Å². The topological polar surface area (TPSA) is 0 Å². The molecule has 2 aromatic carbocycles. The summed E-state index contributed by atoms with van der Waals surface area (Å²) in [5.41, 5.74) is 8.19. The summed E-state index contributed by atoms with van der Waals surface area (Å²) in [6.45, 7) is 2.14. The summed E-state index contributed by atoms with van der Waals surface area (Å²) in [5.74, 6) is 0.814. The van der Waals surface area contributed by atoms with E-state index in [9.17, 15) is 0 Å².